The maximum Gasteiger partial charge on any atom is 0.140 e. The number of hydrogen-bond acceptors (Lipinski definition) is 3. The standard InChI is InChI=1S/C4H8N4.2ClH/c1-3(5)4-6-2-7-8-4;;/h2-3H,5H2,1H3,(H,6,7,8);2*1H/t3-;;/m1../s1. The first-order valence-electron chi connectivity index (χ1n) is 2.41. The number of H-pyrrole nitrogens is 1. The van der Waals surface area contributed by atoms with Crippen molar-refractivity contribution in [2.45, 2.75) is 13.0 Å². The molecule has 0 fully saturated rings. The lowest BCUT2D eigenvalue weighted by molar-refractivity contribution is 0.745. The van der Waals surface area contributed by atoms with E-state index in [1.54, 1.807) is 0 Å². The van der Waals surface area contributed by atoms with Crippen LogP contribution in [0.25, 0.3) is 0 Å². The van der Waals surface area contributed by atoms with Crippen molar-refractivity contribution in [3.63, 3.8) is 0 Å². The Bertz CT molecular complexity index is 150. The summed E-state index contributed by atoms with van der Waals surface area (Å²) in [6.07, 6.45) is 1.44. The molecule has 0 aliphatic rings. The summed E-state index contributed by atoms with van der Waals surface area (Å²) in [6.45, 7) is 1.85. The molecule has 0 aliphatic heterocycles. The van der Waals surface area contributed by atoms with Gasteiger partial charge in [-0.15, -0.1) is 24.8 Å². The predicted molar refractivity (Wildman–Crippen MR) is 43.5 cm³/mol. The quantitative estimate of drug-likeness (QED) is 0.675. The molecule has 0 aromatic carbocycles. The summed E-state index contributed by atoms with van der Waals surface area (Å²) in [5.74, 6) is 0.727. The van der Waals surface area contributed by atoms with Gasteiger partial charge in [-0.05, 0) is 6.92 Å². The van der Waals surface area contributed by atoms with Crippen LogP contribution in [0, 0.1) is 0 Å². The minimum absolute atomic E-state index is 0. The molecule has 0 bridgehead atoms. The normalized spacial score (nSPS) is 11.0. The fourth-order valence-corrected chi connectivity index (χ4v) is 0.434. The highest BCUT2D eigenvalue weighted by molar-refractivity contribution is 5.85. The Kier molecular flexibility index (Phi) is 6.76. The van der Waals surface area contributed by atoms with Gasteiger partial charge in [0.15, 0.2) is 0 Å². The average Bonchev–Trinajstić information content (AvgIpc) is 2.12. The molecule has 3 N–H and O–H groups in total. The van der Waals surface area contributed by atoms with Gasteiger partial charge in [-0.25, -0.2) is 4.98 Å². The van der Waals surface area contributed by atoms with E-state index in [0.717, 1.165) is 5.82 Å². The van der Waals surface area contributed by atoms with Crippen molar-refractivity contribution >= 4 is 24.8 Å². The number of halogens is 2. The van der Waals surface area contributed by atoms with E-state index in [0.29, 0.717) is 0 Å². The molecule has 4 nitrogen and oxygen atoms in total. The number of nitrogens with zero attached hydrogens (tertiary/aromatic N) is 2. The average molecular weight is 185 g/mol. The highest BCUT2D eigenvalue weighted by atomic mass is 35.5. The van der Waals surface area contributed by atoms with E-state index >= 15 is 0 Å². The number of nitrogens with one attached hydrogen (secondary N) is 1. The van der Waals surface area contributed by atoms with Gasteiger partial charge >= 0.3 is 0 Å². The van der Waals surface area contributed by atoms with Crippen molar-refractivity contribution in [3.8, 4) is 0 Å². The molecule has 1 aromatic rings. The maximum atomic E-state index is 5.42. The molecule has 0 radical (unpaired) electrons. The van der Waals surface area contributed by atoms with Crippen molar-refractivity contribution in [1.29, 1.82) is 0 Å². The lowest BCUT2D eigenvalue weighted by Gasteiger charge is -1.94. The van der Waals surface area contributed by atoms with Gasteiger partial charge in [0.1, 0.15) is 12.2 Å². The van der Waals surface area contributed by atoms with Crippen LogP contribution < -0.4 is 5.73 Å². The number of aromatic amines is 1. The molecule has 1 atom stereocenters. The lowest BCUT2D eigenvalue weighted by atomic mass is 10.4. The van der Waals surface area contributed by atoms with Gasteiger partial charge in [-0.2, -0.15) is 5.10 Å². The molecule has 6 heteroatoms. The Hall–Kier alpha value is -0.320. The first-order chi connectivity index (χ1) is 3.80. The lowest BCUT2D eigenvalue weighted by Crippen LogP contribution is -2.06. The van der Waals surface area contributed by atoms with Crippen molar-refractivity contribution in [1.82, 2.24) is 15.2 Å². The van der Waals surface area contributed by atoms with Crippen LogP contribution >= 0.6 is 24.8 Å². The van der Waals surface area contributed by atoms with Crippen molar-refractivity contribution < 1.29 is 0 Å². The Morgan fingerprint density at radius 1 is 1.60 bits per heavy atom. The number of nitrogens with two attached hydrogens (primary N) is 1. The molecule has 0 unspecified atom stereocenters. The Balaban J connectivity index is 0. The predicted octanol–water partition coefficient (Wildman–Crippen LogP) is 0.668. The smallest absolute Gasteiger partial charge is 0.140 e. The molecular weight excluding hydrogens is 175 g/mol. The molecule has 0 saturated carbocycles. The molecule has 1 heterocycles. The molecule has 0 aliphatic carbocycles. The van der Waals surface area contributed by atoms with Gasteiger partial charge in [0.25, 0.3) is 0 Å². The maximum absolute atomic E-state index is 5.42. The first kappa shape index (κ1) is 12.4. The second-order valence-corrected chi connectivity index (χ2v) is 1.66. The van der Waals surface area contributed by atoms with Gasteiger partial charge < -0.3 is 5.73 Å². The fourth-order valence-electron chi connectivity index (χ4n) is 0.434. The van der Waals surface area contributed by atoms with Gasteiger partial charge in [0.05, 0.1) is 6.04 Å². The summed E-state index contributed by atoms with van der Waals surface area (Å²) in [7, 11) is 0. The topological polar surface area (TPSA) is 67.6 Å². The highest BCUT2D eigenvalue weighted by Gasteiger charge is 1.98. The van der Waals surface area contributed by atoms with Crippen LogP contribution in [0.4, 0.5) is 0 Å². The third kappa shape index (κ3) is 3.00. The number of aromatic nitrogens is 3. The molecule has 0 saturated heterocycles. The summed E-state index contributed by atoms with van der Waals surface area (Å²) < 4.78 is 0. The van der Waals surface area contributed by atoms with E-state index in [4.69, 9.17) is 5.73 Å². The van der Waals surface area contributed by atoms with Crippen LogP contribution in [-0.2, 0) is 0 Å². The molecule has 1 aromatic heterocycles. The van der Waals surface area contributed by atoms with Gasteiger partial charge in [0.2, 0.25) is 0 Å². The Labute approximate surface area is 71.4 Å². The van der Waals surface area contributed by atoms with Crippen molar-refractivity contribution in [3.05, 3.63) is 12.2 Å². The molecular formula is C4H10Cl2N4. The highest BCUT2D eigenvalue weighted by Crippen LogP contribution is 1.96. The van der Waals surface area contributed by atoms with Gasteiger partial charge in [0, 0.05) is 0 Å². The number of rotatable bonds is 1. The second-order valence-electron chi connectivity index (χ2n) is 1.66. The van der Waals surface area contributed by atoms with Crippen LogP contribution in [0.15, 0.2) is 6.33 Å². The summed E-state index contributed by atoms with van der Waals surface area (Å²) in [4.78, 5) is 3.82. The summed E-state index contributed by atoms with van der Waals surface area (Å²) in [6, 6.07) is -0.0440. The summed E-state index contributed by atoms with van der Waals surface area (Å²) in [5.41, 5.74) is 5.42. The minimum atomic E-state index is -0.0440. The van der Waals surface area contributed by atoms with Gasteiger partial charge in [-0.3, -0.25) is 5.10 Å². The molecule has 60 valence electrons. The van der Waals surface area contributed by atoms with Gasteiger partial charge in [-0.1, -0.05) is 0 Å². The fraction of sp³-hybridized carbons (Fsp3) is 0.500. The van der Waals surface area contributed by atoms with Crippen LogP contribution in [0.2, 0.25) is 0 Å². The van der Waals surface area contributed by atoms with E-state index in [2.05, 4.69) is 15.2 Å². The molecule has 0 amide bonds. The first-order valence-corrected chi connectivity index (χ1v) is 2.41. The largest absolute Gasteiger partial charge is 0.322 e. The zero-order chi connectivity index (χ0) is 5.98. The number of hydrogen-bond donors (Lipinski definition) is 2. The third-order valence-corrected chi connectivity index (χ3v) is 0.865. The SMILES string of the molecule is C[C@@H](N)c1ncn[nH]1.Cl.Cl. The van der Waals surface area contributed by atoms with Crippen LogP contribution in [-0.4, -0.2) is 15.2 Å². The monoisotopic (exact) mass is 184 g/mol. The van der Waals surface area contributed by atoms with Crippen LogP contribution in [0.1, 0.15) is 18.8 Å². The molecule has 10 heavy (non-hydrogen) atoms. The molecule has 1 rings (SSSR count). The Morgan fingerprint density at radius 3 is 2.40 bits per heavy atom. The van der Waals surface area contributed by atoms with E-state index < -0.39 is 0 Å². The summed E-state index contributed by atoms with van der Waals surface area (Å²) >= 11 is 0. The van der Waals surface area contributed by atoms with Crippen LogP contribution in [0.3, 0.4) is 0 Å². The van der Waals surface area contributed by atoms with E-state index in [-0.39, 0.29) is 30.9 Å². The zero-order valence-corrected chi connectivity index (χ0v) is 7.08. The molecule has 0 spiro atoms. The summed E-state index contributed by atoms with van der Waals surface area (Å²) in [5, 5.41) is 6.28. The second kappa shape index (κ2) is 5.46. The van der Waals surface area contributed by atoms with Crippen molar-refractivity contribution in [2.24, 2.45) is 5.73 Å². The van der Waals surface area contributed by atoms with E-state index in [9.17, 15) is 0 Å². The zero-order valence-electron chi connectivity index (χ0n) is 5.44. The van der Waals surface area contributed by atoms with E-state index in [1.807, 2.05) is 6.92 Å². The third-order valence-electron chi connectivity index (χ3n) is 0.865. The van der Waals surface area contributed by atoms with Crippen LogP contribution in [0.5, 0.6) is 0 Å². The van der Waals surface area contributed by atoms with Crippen molar-refractivity contribution in [2.75, 3.05) is 0 Å². The Morgan fingerprint density at radius 2 is 2.20 bits per heavy atom. The minimum Gasteiger partial charge on any atom is -0.322 e. The van der Waals surface area contributed by atoms with E-state index in [1.165, 1.54) is 6.33 Å².